The molecule has 0 unspecified atom stereocenters. The van der Waals surface area contributed by atoms with E-state index in [0.29, 0.717) is 0 Å². The van der Waals surface area contributed by atoms with Crippen LogP contribution in [0.1, 0.15) is 11.4 Å². The van der Waals surface area contributed by atoms with Crippen LogP contribution in [0.25, 0.3) is 0 Å². The van der Waals surface area contributed by atoms with Gasteiger partial charge in [-0.05, 0) is 19.2 Å². The van der Waals surface area contributed by atoms with E-state index in [-0.39, 0.29) is 24.5 Å². The van der Waals surface area contributed by atoms with E-state index in [4.69, 9.17) is 0 Å². The quantitative estimate of drug-likeness (QED) is 0.672. The highest BCUT2D eigenvalue weighted by molar-refractivity contribution is 7.89. The summed E-state index contributed by atoms with van der Waals surface area (Å²) in [6.07, 6.45) is 0. The largest absolute Gasteiger partial charge is 0.315 e. The highest BCUT2D eigenvalue weighted by Crippen LogP contribution is 2.21. The monoisotopic (exact) mass is 318 g/mol. The molecule has 0 aliphatic rings. The molecule has 0 bridgehead atoms. The Balaban J connectivity index is 2.29. The summed E-state index contributed by atoms with van der Waals surface area (Å²) < 4.78 is 53.8. The summed E-state index contributed by atoms with van der Waals surface area (Å²) in [5, 5.41) is 15.1. The van der Waals surface area contributed by atoms with Crippen molar-refractivity contribution >= 4 is 10.0 Å². The van der Waals surface area contributed by atoms with Crippen LogP contribution in [-0.4, -0.2) is 36.1 Å². The van der Waals surface area contributed by atoms with Gasteiger partial charge in [-0.25, -0.2) is 21.9 Å². The number of hydrogen-bond acceptors (Lipinski definition) is 6. The number of H-pyrrole nitrogens is 1. The zero-order valence-corrected chi connectivity index (χ0v) is 11.7. The van der Waals surface area contributed by atoms with E-state index in [1.807, 2.05) is 0 Å². The molecular formula is C10H12F2N6O2S. The molecule has 0 saturated heterocycles. The van der Waals surface area contributed by atoms with Crippen LogP contribution in [0, 0.1) is 11.6 Å². The Labute approximate surface area is 119 Å². The van der Waals surface area contributed by atoms with Crippen molar-refractivity contribution in [3.63, 3.8) is 0 Å². The number of benzene rings is 1. The Bertz CT molecular complexity index is 719. The lowest BCUT2D eigenvalue weighted by atomic mass is 10.2. The molecule has 0 fully saturated rings. The lowest BCUT2D eigenvalue weighted by Crippen LogP contribution is -2.25. The van der Waals surface area contributed by atoms with Gasteiger partial charge in [0.1, 0.15) is 10.7 Å². The molecule has 2 aromatic rings. The van der Waals surface area contributed by atoms with Gasteiger partial charge in [0.05, 0.1) is 6.54 Å². The molecule has 0 saturated carbocycles. The number of tetrazole rings is 1. The molecule has 11 heteroatoms. The molecule has 2 rings (SSSR count). The molecular weight excluding hydrogens is 306 g/mol. The van der Waals surface area contributed by atoms with Crippen LogP contribution in [0.15, 0.2) is 17.0 Å². The normalized spacial score (nSPS) is 11.8. The maximum atomic E-state index is 14.1. The predicted octanol–water partition coefficient (Wildman–Crippen LogP) is -0.324. The van der Waals surface area contributed by atoms with Crippen molar-refractivity contribution in [3.8, 4) is 0 Å². The highest BCUT2D eigenvalue weighted by atomic mass is 32.2. The minimum atomic E-state index is -4.17. The fourth-order valence-corrected chi connectivity index (χ4v) is 2.70. The zero-order chi connectivity index (χ0) is 15.5. The second-order valence-corrected chi connectivity index (χ2v) is 5.76. The van der Waals surface area contributed by atoms with Gasteiger partial charge in [0.25, 0.3) is 0 Å². The second kappa shape index (κ2) is 6.20. The predicted molar refractivity (Wildman–Crippen MR) is 67.3 cm³/mol. The summed E-state index contributed by atoms with van der Waals surface area (Å²) in [4.78, 5) is -0.641. The van der Waals surface area contributed by atoms with Crippen LogP contribution >= 0.6 is 0 Å². The van der Waals surface area contributed by atoms with Crippen molar-refractivity contribution < 1.29 is 17.2 Å². The summed E-state index contributed by atoms with van der Waals surface area (Å²) in [5.41, 5.74) is -0.347. The van der Waals surface area contributed by atoms with Gasteiger partial charge in [0, 0.05) is 12.1 Å². The molecule has 0 spiro atoms. The number of aromatic nitrogens is 4. The third kappa shape index (κ3) is 3.37. The van der Waals surface area contributed by atoms with Crippen LogP contribution in [0.4, 0.5) is 8.78 Å². The fraction of sp³-hybridized carbons (Fsp3) is 0.300. The van der Waals surface area contributed by atoms with E-state index >= 15 is 0 Å². The van der Waals surface area contributed by atoms with Crippen molar-refractivity contribution in [2.24, 2.45) is 0 Å². The van der Waals surface area contributed by atoms with Crippen molar-refractivity contribution in [2.75, 3.05) is 7.05 Å². The van der Waals surface area contributed by atoms with E-state index in [1.165, 1.54) is 7.05 Å². The summed E-state index contributed by atoms with van der Waals surface area (Å²) in [6.45, 7) is -0.400. The molecule has 0 aliphatic heterocycles. The van der Waals surface area contributed by atoms with Crippen LogP contribution in [-0.2, 0) is 23.1 Å². The smallest absolute Gasteiger partial charge is 0.243 e. The number of sulfonamides is 1. The van der Waals surface area contributed by atoms with Gasteiger partial charge in [0.15, 0.2) is 11.6 Å². The summed E-state index contributed by atoms with van der Waals surface area (Å²) in [6, 6.07) is 1.76. The Morgan fingerprint density at radius 2 is 2.05 bits per heavy atom. The average Bonchev–Trinajstić information content (AvgIpc) is 2.94. The molecule has 0 aliphatic carbocycles. The van der Waals surface area contributed by atoms with E-state index < -0.39 is 26.6 Å². The van der Waals surface area contributed by atoms with E-state index in [2.05, 4.69) is 30.7 Å². The first kappa shape index (κ1) is 15.4. The number of aromatic amines is 1. The van der Waals surface area contributed by atoms with Crippen molar-refractivity contribution in [1.82, 2.24) is 30.7 Å². The number of hydrogen-bond donors (Lipinski definition) is 3. The molecule has 3 N–H and O–H groups in total. The molecule has 1 aromatic heterocycles. The molecule has 114 valence electrons. The van der Waals surface area contributed by atoms with Crippen LogP contribution in [0.3, 0.4) is 0 Å². The molecule has 0 amide bonds. The van der Waals surface area contributed by atoms with E-state index in [0.717, 1.165) is 12.1 Å². The summed E-state index contributed by atoms with van der Waals surface area (Å²) >= 11 is 0. The molecule has 1 heterocycles. The minimum Gasteiger partial charge on any atom is -0.315 e. The maximum absolute atomic E-state index is 14.1. The number of halogens is 2. The SMILES string of the molecule is CNCc1c(F)ccc(S(=O)(=O)NCc2nn[nH]n2)c1F. The van der Waals surface area contributed by atoms with Crippen molar-refractivity contribution in [2.45, 2.75) is 18.0 Å². The maximum Gasteiger partial charge on any atom is 0.243 e. The minimum absolute atomic E-state index is 0.0940. The number of nitrogens with zero attached hydrogens (tertiary/aromatic N) is 3. The Hall–Kier alpha value is -1.98. The molecule has 21 heavy (non-hydrogen) atoms. The van der Waals surface area contributed by atoms with Gasteiger partial charge in [-0.3, -0.25) is 0 Å². The third-order valence-corrected chi connectivity index (χ3v) is 4.02. The molecule has 0 atom stereocenters. The molecule has 8 nitrogen and oxygen atoms in total. The highest BCUT2D eigenvalue weighted by Gasteiger charge is 2.23. The lowest BCUT2D eigenvalue weighted by molar-refractivity contribution is 0.517. The first-order valence-electron chi connectivity index (χ1n) is 5.79. The van der Waals surface area contributed by atoms with Crippen molar-refractivity contribution in [3.05, 3.63) is 35.2 Å². The Kier molecular flexibility index (Phi) is 4.55. The summed E-state index contributed by atoms with van der Waals surface area (Å²) in [7, 11) is -2.67. The molecule has 1 aromatic carbocycles. The van der Waals surface area contributed by atoms with Crippen LogP contribution in [0.2, 0.25) is 0 Å². The van der Waals surface area contributed by atoms with E-state index in [1.54, 1.807) is 0 Å². The van der Waals surface area contributed by atoms with Gasteiger partial charge >= 0.3 is 0 Å². The molecule has 0 radical (unpaired) electrons. The third-order valence-electron chi connectivity index (χ3n) is 2.60. The second-order valence-electron chi connectivity index (χ2n) is 4.02. The average molecular weight is 318 g/mol. The summed E-state index contributed by atoms with van der Waals surface area (Å²) in [5.74, 6) is -1.86. The van der Waals surface area contributed by atoms with Gasteiger partial charge in [-0.2, -0.15) is 5.21 Å². The van der Waals surface area contributed by atoms with Gasteiger partial charge in [-0.1, -0.05) is 5.21 Å². The number of nitrogens with one attached hydrogen (secondary N) is 3. The first-order valence-corrected chi connectivity index (χ1v) is 7.27. The van der Waals surface area contributed by atoms with Crippen LogP contribution in [0.5, 0.6) is 0 Å². The Morgan fingerprint density at radius 1 is 1.29 bits per heavy atom. The van der Waals surface area contributed by atoms with Gasteiger partial charge in [0.2, 0.25) is 10.0 Å². The van der Waals surface area contributed by atoms with Gasteiger partial charge in [-0.15, -0.1) is 10.2 Å². The van der Waals surface area contributed by atoms with Gasteiger partial charge < -0.3 is 5.32 Å². The zero-order valence-electron chi connectivity index (χ0n) is 10.9. The van der Waals surface area contributed by atoms with E-state index in [9.17, 15) is 17.2 Å². The van der Waals surface area contributed by atoms with Crippen LogP contribution < -0.4 is 10.0 Å². The Morgan fingerprint density at radius 3 is 2.67 bits per heavy atom. The van der Waals surface area contributed by atoms with Crippen molar-refractivity contribution in [1.29, 1.82) is 0 Å². The number of rotatable bonds is 6. The topological polar surface area (TPSA) is 113 Å². The standard InChI is InChI=1S/C10H12F2N6O2S/c1-13-4-6-7(11)2-3-8(10(6)12)21(19,20)14-5-9-15-17-18-16-9/h2-3,13-14H,4-5H2,1H3,(H,15,16,17,18). The lowest BCUT2D eigenvalue weighted by Gasteiger charge is -2.10. The first-order chi connectivity index (χ1) is 9.95. The fourth-order valence-electron chi connectivity index (χ4n) is 1.62.